The van der Waals surface area contributed by atoms with E-state index in [-0.39, 0.29) is 5.91 Å². The molecule has 2 aromatic rings. The average molecular weight is 406 g/mol. The molecule has 2 heterocycles. The zero-order valence-corrected chi connectivity index (χ0v) is 17.0. The van der Waals surface area contributed by atoms with Crippen LogP contribution in [-0.2, 0) is 9.53 Å². The van der Waals surface area contributed by atoms with Gasteiger partial charge in [-0.1, -0.05) is 48.2 Å². The third kappa shape index (κ3) is 4.44. The van der Waals surface area contributed by atoms with Gasteiger partial charge < -0.3 is 9.64 Å². The molecule has 1 fully saturated rings. The van der Waals surface area contributed by atoms with Gasteiger partial charge in [0.05, 0.1) is 18.9 Å². The van der Waals surface area contributed by atoms with Gasteiger partial charge in [-0.05, 0) is 35.9 Å². The van der Waals surface area contributed by atoms with Crippen LogP contribution in [-0.4, -0.2) is 43.1 Å². The van der Waals surface area contributed by atoms with Crippen molar-refractivity contribution >= 4 is 40.3 Å². The van der Waals surface area contributed by atoms with Crippen molar-refractivity contribution in [3.8, 4) is 0 Å². The minimum Gasteiger partial charge on any atom is -0.378 e. The predicted molar refractivity (Wildman–Crippen MR) is 121 cm³/mol. The summed E-state index contributed by atoms with van der Waals surface area (Å²) < 4.78 is 5.41. The maximum atomic E-state index is 13.1. The van der Waals surface area contributed by atoms with Gasteiger partial charge in [0, 0.05) is 24.5 Å². The molecule has 0 atom stereocenters. The van der Waals surface area contributed by atoms with E-state index in [1.54, 1.807) is 4.90 Å². The lowest BCUT2D eigenvalue weighted by atomic mass is 10.1. The number of amides is 1. The largest absolute Gasteiger partial charge is 0.378 e. The first-order valence-corrected chi connectivity index (χ1v) is 10.6. The first-order chi connectivity index (χ1) is 14.3. The summed E-state index contributed by atoms with van der Waals surface area (Å²) in [7, 11) is 0. The van der Waals surface area contributed by atoms with Gasteiger partial charge >= 0.3 is 0 Å². The number of hydrogen-bond acceptors (Lipinski definition) is 5. The Hall–Kier alpha value is -2.83. The van der Waals surface area contributed by atoms with E-state index in [1.807, 2.05) is 54.6 Å². The second kappa shape index (κ2) is 9.11. The monoisotopic (exact) mass is 405 g/mol. The van der Waals surface area contributed by atoms with E-state index in [4.69, 9.17) is 4.74 Å². The third-order valence-corrected chi connectivity index (χ3v) is 5.68. The molecular formula is C23H23N3O2S. The van der Waals surface area contributed by atoms with Gasteiger partial charge in [-0.2, -0.15) is 0 Å². The molecule has 0 unspecified atom stereocenters. The molecule has 0 aromatic heterocycles. The number of hydrogen-bond donors (Lipinski definition) is 0. The highest BCUT2D eigenvalue weighted by Gasteiger charge is 2.31. The van der Waals surface area contributed by atoms with Gasteiger partial charge in [0.25, 0.3) is 5.91 Å². The Kier molecular flexibility index (Phi) is 6.12. The molecule has 6 heteroatoms. The fourth-order valence-corrected chi connectivity index (χ4v) is 4.04. The lowest BCUT2D eigenvalue weighted by Gasteiger charge is -2.28. The topological polar surface area (TPSA) is 45.1 Å². The predicted octanol–water partition coefficient (Wildman–Crippen LogP) is 4.19. The van der Waals surface area contributed by atoms with Crippen molar-refractivity contribution in [3.63, 3.8) is 0 Å². The maximum Gasteiger partial charge on any atom is 0.283 e. The zero-order chi connectivity index (χ0) is 20.1. The van der Waals surface area contributed by atoms with E-state index >= 15 is 0 Å². The second-order valence-electron chi connectivity index (χ2n) is 6.69. The summed E-state index contributed by atoms with van der Waals surface area (Å²) in [4.78, 5) is 21.7. The molecule has 0 bridgehead atoms. The number of carbonyl (C=O) groups excluding carboxylic acids is 1. The van der Waals surface area contributed by atoms with Crippen molar-refractivity contribution in [2.24, 2.45) is 4.99 Å². The summed E-state index contributed by atoms with van der Waals surface area (Å²) in [6.07, 6.45) is 3.66. The molecule has 2 aliphatic rings. The number of carbonyl (C=O) groups is 1. The smallest absolute Gasteiger partial charge is 0.283 e. The van der Waals surface area contributed by atoms with Crippen molar-refractivity contribution in [2.45, 2.75) is 0 Å². The lowest BCUT2D eigenvalue weighted by molar-refractivity contribution is -0.113. The van der Waals surface area contributed by atoms with Crippen LogP contribution in [0.2, 0.25) is 0 Å². The number of benzene rings is 2. The third-order valence-electron chi connectivity index (χ3n) is 4.75. The Morgan fingerprint density at radius 1 is 1.03 bits per heavy atom. The standard InChI is InChI=1S/C23H23N3O2S/c1-2-16-29-23-24-21(22(27)26(23)20-6-4-3-5-7-20)17-18-8-10-19(11-9-18)25-12-14-28-15-13-25/h2-11,17H,1,12-16H2. The highest BCUT2D eigenvalue weighted by atomic mass is 32.2. The van der Waals surface area contributed by atoms with Crippen LogP contribution < -0.4 is 9.80 Å². The van der Waals surface area contributed by atoms with Crippen LogP contribution in [0.15, 0.2) is 77.9 Å². The van der Waals surface area contributed by atoms with Gasteiger partial charge in [0.2, 0.25) is 0 Å². The molecule has 29 heavy (non-hydrogen) atoms. The average Bonchev–Trinajstić information content (AvgIpc) is 3.09. The fraction of sp³-hybridized carbons (Fsp3) is 0.217. The van der Waals surface area contributed by atoms with Crippen molar-refractivity contribution in [1.29, 1.82) is 0 Å². The highest BCUT2D eigenvalue weighted by molar-refractivity contribution is 8.14. The minimum absolute atomic E-state index is 0.111. The van der Waals surface area contributed by atoms with Crippen LogP contribution in [0.25, 0.3) is 6.08 Å². The molecule has 2 aromatic carbocycles. The Bertz CT molecular complexity index is 932. The number of anilines is 2. The molecule has 5 nitrogen and oxygen atoms in total. The number of nitrogens with zero attached hydrogens (tertiary/aromatic N) is 3. The van der Waals surface area contributed by atoms with Crippen LogP contribution in [0.1, 0.15) is 5.56 Å². The first kappa shape index (κ1) is 19.5. The van der Waals surface area contributed by atoms with E-state index in [1.165, 1.54) is 17.4 Å². The van der Waals surface area contributed by atoms with Crippen LogP contribution in [0, 0.1) is 0 Å². The summed E-state index contributed by atoms with van der Waals surface area (Å²) in [6.45, 7) is 7.09. The molecule has 1 amide bonds. The number of aliphatic imine (C=N–C) groups is 1. The summed E-state index contributed by atoms with van der Waals surface area (Å²) in [5.74, 6) is 0.580. The molecule has 0 aliphatic carbocycles. The molecule has 0 radical (unpaired) electrons. The summed E-state index contributed by atoms with van der Waals surface area (Å²) in [5, 5.41) is 0.678. The van der Waals surface area contributed by atoms with Crippen molar-refractivity contribution in [3.05, 3.63) is 78.5 Å². The molecule has 0 saturated carbocycles. The zero-order valence-electron chi connectivity index (χ0n) is 16.2. The summed E-state index contributed by atoms with van der Waals surface area (Å²) >= 11 is 1.50. The normalized spacial score (nSPS) is 18.3. The van der Waals surface area contributed by atoms with Crippen molar-refractivity contribution < 1.29 is 9.53 Å². The summed E-state index contributed by atoms with van der Waals surface area (Å²) in [5.41, 5.74) is 3.39. The van der Waals surface area contributed by atoms with E-state index < -0.39 is 0 Å². The summed E-state index contributed by atoms with van der Waals surface area (Å²) in [6, 6.07) is 17.8. The molecule has 148 valence electrons. The van der Waals surface area contributed by atoms with Crippen LogP contribution in [0.5, 0.6) is 0 Å². The second-order valence-corrected chi connectivity index (χ2v) is 7.68. The quantitative estimate of drug-likeness (QED) is 0.553. The van der Waals surface area contributed by atoms with Crippen molar-refractivity contribution in [2.75, 3.05) is 41.9 Å². The SMILES string of the molecule is C=CCSC1=NC(=Cc2ccc(N3CCOCC3)cc2)C(=O)N1c1ccccc1. The van der Waals surface area contributed by atoms with Gasteiger partial charge in [0.1, 0.15) is 5.70 Å². The molecule has 0 N–H and O–H groups in total. The number of para-hydroxylation sites is 1. The Labute approximate surface area is 175 Å². The van der Waals surface area contributed by atoms with Gasteiger partial charge in [-0.3, -0.25) is 9.69 Å². The van der Waals surface area contributed by atoms with Gasteiger partial charge in [-0.25, -0.2) is 4.99 Å². The van der Waals surface area contributed by atoms with Gasteiger partial charge in [0.15, 0.2) is 5.17 Å². The minimum atomic E-state index is -0.111. The number of ether oxygens (including phenoxy) is 1. The first-order valence-electron chi connectivity index (χ1n) is 9.62. The van der Waals surface area contributed by atoms with E-state index in [0.717, 1.165) is 37.6 Å². The molecule has 4 rings (SSSR count). The number of thioether (sulfide) groups is 1. The molecule has 0 spiro atoms. The van der Waals surface area contributed by atoms with Gasteiger partial charge in [-0.15, -0.1) is 6.58 Å². The maximum absolute atomic E-state index is 13.1. The van der Waals surface area contributed by atoms with E-state index in [2.05, 4.69) is 28.6 Å². The fourth-order valence-electron chi connectivity index (χ4n) is 3.29. The number of amidine groups is 1. The van der Waals surface area contributed by atoms with Crippen LogP contribution in [0.4, 0.5) is 11.4 Å². The number of morpholine rings is 1. The van der Waals surface area contributed by atoms with E-state index in [0.29, 0.717) is 16.6 Å². The van der Waals surface area contributed by atoms with Crippen LogP contribution >= 0.6 is 11.8 Å². The van der Waals surface area contributed by atoms with Crippen LogP contribution in [0.3, 0.4) is 0 Å². The Morgan fingerprint density at radius 2 is 1.76 bits per heavy atom. The Balaban J connectivity index is 1.58. The molecular weight excluding hydrogens is 382 g/mol. The number of rotatable bonds is 5. The molecule has 2 aliphatic heterocycles. The molecule has 1 saturated heterocycles. The van der Waals surface area contributed by atoms with Crippen molar-refractivity contribution in [1.82, 2.24) is 0 Å². The lowest BCUT2D eigenvalue weighted by Crippen LogP contribution is -2.36. The highest BCUT2D eigenvalue weighted by Crippen LogP contribution is 2.29. The Morgan fingerprint density at radius 3 is 2.45 bits per heavy atom. The van der Waals surface area contributed by atoms with E-state index in [9.17, 15) is 4.79 Å².